The fraction of sp³-hybridized carbons (Fsp3) is 0.409. The van der Waals surface area contributed by atoms with Crippen LogP contribution in [0.2, 0.25) is 0 Å². The number of hydrogen-bond donors (Lipinski definition) is 1. The highest BCUT2D eigenvalue weighted by atomic mass is 32.2. The summed E-state index contributed by atoms with van der Waals surface area (Å²) in [5, 5.41) is 3.10. The molecular formula is C22H28N2O3S. The highest BCUT2D eigenvalue weighted by Gasteiger charge is 2.26. The quantitative estimate of drug-likeness (QED) is 0.821. The minimum atomic E-state index is -3.30. The second-order valence-corrected chi connectivity index (χ2v) is 9.45. The van der Waals surface area contributed by atoms with Gasteiger partial charge in [0.05, 0.1) is 17.5 Å². The van der Waals surface area contributed by atoms with Crippen molar-refractivity contribution in [2.75, 3.05) is 16.6 Å². The number of nitrogens with one attached hydrogen (secondary N) is 1. The molecule has 3 rings (SSSR count). The second-order valence-electron chi connectivity index (χ2n) is 7.44. The van der Waals surface area contributed by atoms with Crippen molar-refractivity contribution in [1.82, 2.24) is 5.32 Å². The Morgan fingerprint density at radius 2 is 1.93 bits per heavy atom. The smallest absolute Gasteiger partial charge is 0.251 e. The minimum absolute atomic E-state index is 0.0875. The molecule has 5 nitrogen and oxygen atoms in total. The van der Waals surface area contributed by atoms with Crippen LogP contribution in [-0.2, 0) is 10.0 Å². The van der Waals surface area contributed by atoms with Crippen LogP contribution < -0.4 is 9.62 Å². The lowest BCUT2D eigenvalue weighted by Crippen LogP contribution is -2.38. The lowest BCUT2D eigenvalue weighted by Gasteiger charge is -2.28. The van der Waals surface area contributed by atoms with E-state index < -0.39 is 10.0 Å². The number of benzene rings is 2. The molecule has 1 saturated heterocycles. The maximum Gasteiger partial charge on any atom is 0.251 e. The molecule has 28 heavy (non-hydrogen) atoms. The average Bonchev–Trinajstić information content (AvgIpc) is 2.66. The molecule has 1 amide bonds. The number of nitrogens with zero attached hydrogens (tertiary/aromatic N) is 1. The number of amides is 1. The van der Waals surface area contributed by atoms with Gasteiger partial charge < -0.3 is 5.32 Å². The van der Waals surface area contributed by atoms with Crippen LogP contribution in [0.15, 0.2) is 42.5 Å². The van der Waals surface area contributed by atoms with Gasteiger partial charge in [-0.1, -0.05) is 36.8 Å². The van der Waals surface area contributed by atoms with Crippen molar-refractivity contribution in [2.45, 2.75) is 46.1 Å². The molecule has 0 aliphatic carbocycles. The molecule has 1 aliphatic rings. The summed E-state index contributed by atoms with van der Waals surface area (Å²) in [6, 6.07) is 13.0. The van der Waals surface area contributed by atoms with Crippen molar-refractivity contribution in [3.05, 3.63) is 64.7 Å². The first-order valence-electron chi connectivity index (χ1n) is 9.80. The Morgan fingerprint density at radius 3 is 2.61 bits per heavy atom. The van der Waals surface area contributed by atoms with E-state index in [0.29, 0.717) is 24.2 Å². The molecule has 1 heterocycles. The summed E-state index contributed by atoms with van der Waals surface area (Å²) in [6.45, 7) is 6.62. The molecule has 0 saturated carbocycles. The first-order valence-corrected chi connectivity index (χ1v) is 11.4. The van der Waals surface area contributed by atoms with Crippen LogP contribution in [0.4, 0.5) is 5.69 Å². The number of rotatable bonds is 5. The molecule has 1 atom stereocenters. The van der Waals surface area contributed by atoms with E-state index in [1.165, 1.54) is 9.87 Å². The van der Waals surface area contributed by atoms with E-state index in [1.807, 2.05) is 6.92 Å². The summed E-state index contributed by atoms with van der Waals surface area (Å²) in [4.78, 5) is 12.9. The highest BCUT2D eigenvalue weighted by molar-refractivity contribution is 7.92. The van der Waals surface area contributed by atoms with Crippen molar-refractivity contribution in [3.63, 3.8) is 0 Å². The SMILES string of the molecule is CCC(NC(=O)c1cccc(N2CCCCS2(=O)=O)c1)c1ccc(C)cc1C. The second kappa shape index (κ2) is 8.35. The van der Waals surface area contributed by atoms with Gasteiger partial charge in [0.2, 0.25) is 10.0 Å². The molecule has 2 aromatic carbocycles. The summed E-state index contributed by atoms with van der Waals surface area (Å²) >= 11 is 0. The summed E-state index contributed by atoms with van der Waals surface area (Å²) < 4.78 is 26.2. The Balaban J connectivity index is 1.82. The lowest BCUT2D eigenvalue weighted by atomic mass is 9.97. The van der Waals surface area contributed by atoms with E-state index in [1.54, 1.807) is 24.3 Å². The van der Waals surface area contributed by atoms with Crippen molar-refractivity contribution in [3.8, 4) is 0 Å². The monoisotopic (exact) mass is 400 g/mol. The van der Waals surface area contributed by atoms with Gasteiger partial charge in [-0.3, -0.25) is 9.10 Å². The number of carbonyl (C=O) groups is 1. The predicted molar refractivity (Wildman–Crippen MR) is 113 cm³/mol. The molecule has 1 unspecified atom stereocenters. The molecule has 1 aliphatic heterocycles. The van der Waals surface area contributed by atoms with Crippen molar-refractivity contribution in [1.29, 1.82) is 0 Å². The van der Waals surface area contributed by atoms with Gasteiger partial charge in [-0.2, -0.15) is 0 Å². The van der Waals surface area contributed by atoms with Gasteiger partial charge in [-0.25, -0.2) is 8.42 Å². The number of sulfonamides is 1. The van der Waals surface area contributed by atoms with E-state index in [0.717, 1.165) is 24.0 Å². The van der Waals surface area contributed by atoms with E-state index in [9.17, 15) is 13.2 Å². The first kappa shape index (κ1) is 20.4. The molecule has 0 spiro atoms. The van der Waals surface area contributed by atoms with Gasteiger partial charge >= 0.3 is 0 Å². The van der Waals surface area contributed by atoms with Crippen LogP contribution in [0.25, 0.3) is 0 Å². The maximum absolute atomic E-state index is 12.9. The van der Waals surface area contributed by atoms with Gasteiger partial charge in [0.25, 0.3) is 5.91 Å². The standard InChI is InChI=1S/C22H28N2O3S/c1-4-21(20-11-10-16(2)14-17(20)3)23-22(25)18-8-7-9-19(15-18)24-12-5-6-13-28(24,26)27/h7-11,14-15,21H,4-6,12-13H2,1-3H3,(H,23,25). The van der Waals surface area contributed by atoms with Crippen LogP contribution in [-0.4, -0.2) is 26.6 Å². The molecule has 1 fully saturated rings. The van der Waals surface area contributed by atoms with E-state index in [-0.39, 0.29) is 17.7 Å². The number of carbonyl (C=O) groups excluding carboxylic acids is 1. The van der Waals surface area contributed by atoms with Gasteiger partial charge in [0, 0.05) is 12.1 Å². The van der Waals surface area contributed by atoms with E-state index >= 15 is 0 Å². The van der Waals surface area contributed by atoms with E-state index in [2.05, 4.69) is 37.4 Å². The Kier molecular flexibility index (Phi) is 6.08. The number of hydrogen-bond acceptors (Lipinski definition) is 3. The lowest BCUT2D eigenvalue weighted by molar-refractivity contribution is 0.0935. The summed E-state index contributed by atoms with van der Waals surface area (Å²) in [6.07, 6.45) is 2.29. The molecule has 6 heteroatoms. The summed E-state index contributed by atoms with van der Waals surface area (Å²) in [7, 11) is -3.30. The zero-order valence-electron chi connectivity index (χ0n) is 16.7. The normalized spacial score (nSPS) is 17.2. The van der Waals surface area contributed by atoms with Crippen LogP contribution in [0, 0.1) is 13.8 Å². The largest absolute Gasteiger partial charge is 0.345 e. The topological polar surface area (TPSA) is 66.5 Å². The van der Waals surface area contributed by atoms with Gasteiger partial charge in [-0.05, 0) is 62.4 Å². The van der Waals surface area contributed by atoms with Crippen molar-refractivity contribution >= 4 is 21.6 Å². The maximum atomic E-state index is 12.9. The van der Waals surface area contributed by atoms with Crippen LogP contribution >= 0.6 is 0 Å². The zero-order valence-corrected chi connectivity index (χ0v) is 17.6. The highest BCUT2D eigenvalue weighted by Crippen LogP contribution is 2.26. The van der Waals surface area contributed by atoms with Crippen LogP contribution in [0.3, 0.4) is 0 Å². The van der Waals surface area contributed by atoms with Crippen molar-refractivity contribution in [2.24, 2.45) is 0 Å². The van der Waals surface area contributed by atoms with Crippen LogP contribution in [0.5, 0.6) is 0 Å². The fourth-order valence-electron chi connectivity index (χ4n) is 3.74. The third kappa shape index (κ3) is 4.38. The van der Waals surface area contributed by atoms with Crippen LogP contribution in [0.1, 0.15) is 59.3 Å². The molecule has 1 N–H and O–H groups in total. The van der Waals surface area contributed by atoms with Crippen molar-refractivity contribution < 1.29 is 13.2 Å². The third-order valence-corrected chi connectivity index (χ3v) is 7.13. The minimum Gasteiger partial charge on any atom is -0.345 e. The Bertz CT molecular complexity index is 969. The molecule has 0 aromatic heterocycles. The van der Waals surface area contributed by atoms with Gasteiger partial charge in [0.15, 0.2) is 0 Å². The number of anilines is 1. The first-order chi connectivity index (χ1) is 13.3. The average molecular weight is 401 g/mol. The van der Waals surface area contributed by atoms with Gasteiger partial charge in [0.1, 0.15) is 0 Å². The predicted octanol–water partition coefficient (Wildman–Crippen LogP) is 4.11. The fourth-order valence-corrected chi connectivity index (χ4v) is 5.37. The molecule has 2 aromatic rings. The summed E-state index contributed by atoms with van der Waals surface area (Å²) in [5.74, 6) is -0.0308. The molecule has 150 valence electrons. The molecular weight excluding hydrogens is 372 g/mol. The summed E-state index contributed by atoms with van der Waals surface area (Å²) in [5.41, 5.74) is 4.49. The third-order valence-electron chi connectivity index (χ3n) is 5.26. The Morgan fingerprint density at radius 1 is 1.14 bits per heavy atom. The zero-order chi connectivity index (χ0) is 20.3. The Labute approximate surface area is 167 Å². The Hall–Kier alpha value is -2.34. The molecule has 0 radical (unpaired) electrons. The molecule has 0 bridgehead atoms. The van der Waals surface area contributed by atoms with Gasteiger partial charge in [-0.15, -0.1) is 0 Å². The van der Waals surface area contributed by atoms with E-state index in [4.69, 9.17) is 0 Å². The number of aryl methyl sites for hydroxylation is 2.